The van der Waals surface area contributed by atoms with Crippen LogP contribution in [-0.4, -0.2) is 4.43 Å². The first kappa shape index (κ1) is 11.2. The van der Waals surface area contributed by atoms with E-state index in [9.17, 15) is 0 Å². The van der Waals surface area contributed by atoms with E-state index in [2.05, 4.69) is 43.9 Å². The molecule has 0 rings (SSSR count). The first-order chi connectivity index (χ1) is 4.91. The molecule has 0 aromatic heterocycles. The molecule has 0 nitrogen and oxygen atoms in total. The highest BCUT2D eigenvalue weighted by Gasteiger charge is 1.88. The molecular formula is C8H15BrI. The second-order valence-electron chi connectivity index (χ2n) is 2.40. The molecule has 0 heterocycles. The first-order valence-electron chi connectivity index (χ1n) is 3.89. The average molecular weight is 318 g/mol. The van der Waals surface area contributed by atoms with Crippen LogP contribution in [0.5, 0.6) is 0 Å². The van der Waals surface area contributed by atoms with E-state index in [4.69, 9.17) is 0 Å². The SMILES string of the molecule is Br[CH]CCCCCCCI. The van der Waals surface area contributed by atoms with Gasteiger partial charge in [0.2, 0.25) is 0 Å². The van der Waals surface area contributed by atoms with E-state index in [-0.39, 0.29) is 0 Å². The molecule has 0 amide bonds. The van der Waals surface area contributed by atoms with Gasteiger partial charge in [0.25, 0.3) is 0 Å². The fraction of sp³-hybridized carbons (Fsp3) is 0.875. The highest BCUT2D eigenvalue weighted by Crippen LogP contribution is 2.09. The minimum absolute atomic E-state index is 1.23. The smallest absolute Gasteiger partial charge is 0.0271 e. The van der Waals surface area contributed by atoms with Crippen molar-refractivity contribution in [1.29, 1.82) is 0 Å². The summed E-state index contributed by atoms with van der Waals surface area (Å²) in [5.41, 5.74) is 0. The number of hydrogen-bond acceptors (Lipinski definition) is 0. The molecule has 10 heavy (non-hydrogen) atoms. The molecule has 0 N–H and O–H groups in total. The molecule has 0 saturated heterocycles. The average Bonchev–Trinajstić information content (AvgIpc) is 1.97. The number of halogens is 2. The van der Waals surface area contributed by atoms with Crippen LogP contribution in [0.25, 0.3) is 0 Å². The molecule has 0 fully saturated rings. The zero-order valence-corrected chi connectivity index (χ0v) is 10.0. The molecule has 0 aromatic rings. The van der Waals surface area contributed by atoms with Crippen molar-refractivity contribution in [1.82, 2.24) is 0 Å². The van der Waals surface area contributed by atoms with Gasteiger partial charge in [0.05, 0.1) is 0 Å². The molecule has 2 heteroatoms. The highest BCUT2D eigenvalue weighted by atomic mass is 127. The normalized spacial score (nSPS) is 10.2. The van der Waals surface area contributed by atoms with Crippen LogP contribution in [0.4, 0.5) is 0 Å². The minimum atomic E-state index is 1.23. The Morgan fingerprint density at radius 3 is 2.20 bits per heavy atom. The van der Waals surface area contributed by atoms with Crippen molar-refractivity contribution in [2.75, 3.05) is 4.43 Å². The molecule has 0 bridgehead atoms. The third-order valence-electron chi connectivity index (χ3n) is 1.45. The number of hydrogen-bond donors (Lipinski definition) is 0. The van der Waals surface area contributed by atoms with Gasteiger partial charge >= 0.3 is 0 Å². The molecule has 0 saturated carbocycles. The van der Waals surface area contributed by atoms with Crippen LogP contribution in [0.3, 0.4) is 0 Å². The molecule has 0 unspecified atom stereocenters. The van der Waals surface area contributed by atoms with E-state index < -0.39 is 0 Å². The Bertz CT molecular complexity index is 49.2. The maximum absolute atomic E-state index is 3.31. The molecule has 1 radical (unpaired) electrons. The summed E-state index contributed by atoms with van der Waals surface area (Å²) in [6.07, 6.45) is 8.23. The highest BCUT2D eigenvalue weighted by molar-refractivity contribution is 14.1. The molecule has 0 atom stereocenters. The lowest BCUT2D eigenvalue weighted by Gasteiger charge is -1.96. The Morgan fingerprint density at radius 2 is 1.60 bits per heavy atom. The standard InChI is InChI=1S/C8H15BrI/c9-7-5-3-1-2-4-6-8-10/h7H,1-6,8H2. The van der Waals surface area contributed by atoms with E-state index in [0.29, 0.717) is 0 Å². The van der Waals surface area contributed by atoms with Gasteiger partial charge in [-0.3, -0.25) is 0 Å². The maximum atomic E-state index is 3.31. The summed E-state index contributed by atoms with van der Waals surface area (Å²) in [4.78, 5) is 0. The Balaban J connectivity index is 2.65. The van der Waals surface area contributed by atoms with Crippen molar-refractivity contribution < 1.29 is 0 Å². The van der Waals surface area contributed by atoms with Gasteiger partial charge < -0.3 is 0 Å². The van der Waals surface area contributed by atoms with Gasteiger partial charge in [0.15, 0.2) is 0 Å². The summed E-state index contributed by atoms with van der Waals surface area (Å²) in [6.45, 7) is 0. The molecule has 61 valence electrons. The summed E-state index contributed by atoms with van der Waals surface area (Å²) >= 11 is 5.75. The largest absolute Gasteiger partial charge is 0.0879 e. The number of rotatable bonds is 7. The minimum Gasteiger partial charge on any atom is -0.0879 e. The molecule has 0 aliphatic rings. The Hall–Kier alpha value is 1.21. The van der Waals surface area contributed by atoms with E-state index >= 15 is 0 Å². The molecule has 0 aliphatic carbocycles. The zero-order valence-electron chi connectivity index (χ0n) is 6.28. The zero-order chi connectivity index (χ0) is 7.66. The van der Waals surface area contributed by atoms with E-state index in [1.54, 1.807) is 0 Å². The van der Waals surface area contributed by atoms with Crippen LogP contribution >= 0.6 is 38.5 Å². The van der Waals surface area contributed by atoms with Gasteiger partial charge in [-0.25, -0.2) is 0 Å². The van der Waals surface area contributed by atoms with E-state index in [0.717, 1.165) is 0 Å². The summed E-state index contributed by atoms with van der Waals surface area (Å²) in [6, 6.07) is 0. The predicted octanol–water partition coefficient (Wildman–Crippen LogP) is 4.32. The van der Waals surface area contributed by atoms with Crippen LogP contribution in [0.1, 0.15) is 38.5 Å². The summed E-state index contributed by atoms with van der Waals surface area (Å²) in [5, 5.41) is 2.07. The number of alkyl halides is 1. The van der Waals surface area contributed by atoms with Crippen LogP contribution < -0.4 is 0 Å². The Labute approximate surface area is 86.4 Å². The molecule has 0 aliphatic heterocycles. The lowest BCUT2D eigenvalue weighted by molar-refractivity contribution is 0.640. The van der Waals surface area contributed by atoms with Gasteiger partial charge in [0, 0.05) is 5.33 Å². The second kappa shape index (κ2) is 10.2. The fourth-order valence-corrected chi connectivity index (χ4v) is 1.71. The van der Waals surface area contributed by atoms with Crippen LogP contribution in [-0.2, 0) is 0 Å². The molecule has 0 spiro atoms. The van der Waals surface area contributed by atoms with Crippen LogP contribution in [0.2, 0.25) is 0 Å². The number of unbranched alkanes of at least 4 members (excludes halogenated alkanes) is 5. The van der Waals surface area contributed by atoms with Gasteiger partial charge in [-0.1, -0.05) is 64.2 Å². The van der Waals surface area contributed by atoms with Crippen molar-refractivity contribution in [2.45, 2.75) is 38.5 Å². The second-order valence-corrected chi connectivity index (χ2v) is 4.13. The topological polar surface area (TPSA) is 0 Å². The third kappa shape index (κ3) is 9.21. The van der Waals surface area contributed by atoms with Crippen molar-refractivity contribution in [3.8, 4) is 0 Å². The van der Waals surface area contributed by atoms with Crippen molar-refractivity contribution in [3.05, 3.63) is 5.33 Å². The lowest BCUT2D eigenvalue weighted by Crippen LogP contribution is -1.79. The van der Waals surface area contributed by atoms with Crippen molar-refractivity contribution in [2.24, 2.45) is 0 Å². The summed E-state index contributed by atoms with van der Waals surface area (Å²) < 4.78 is 1.32. The van der Waals surface area contributed by atoms with Crippen LogP contribution in [0, 0.1) is 5.33 Å². The molecular weight excluding hydrogens is 303 g/mol. The lowest BCUT2D eigenvalue weighted by atomic mass is 10.1. The van der Waals surface area contributed by atoms with Crippen LogP contribution in [0.15, 0.2) is 0 Å². The summed E-state index contributed by atoms with van der Waals surface area (Å²) in [7, 11) is 0. The molecule has 0 aromatic carbocycles. The third-order valence-corrected chi connectivity index (χ3v) is 2.67. The fourth-order valence-electron chi connectivity index (χ4n) is 0.846. The van der Waals surface area contributed by atoms with Gasteiger partial charge in [-0.15, -0.1) is 0 Å². The predicted molar refractivity (Wildman–Crippen MR) is 59.8 cm³/mol. The Kier molecular flexibility index (Phi) is 11.4. The van der Waals surface area contributed by atoms with Crippen molar-refractivity contribution in [3.63, 3.8) is 0 Å². The van der Waals surface area contributed by atoms with Gasteiger partial charge in [-0.2, -0.15) is 0 Å². The first-order valence-corrected chi connectivity index (χ1v) is 6.33. The van der Waals surface area contributed by atoms with Gasteiger partial charge in [-0.05, 0) is 17.3 Å². The van der Waals surface area contributed by atoms with E-state index in [1.165, 1.54) is 43.0 Å². The van der Waals surface area contributed by atoms with Crippen molar-refractivity contribution >= 4 is 38.5 Å². The van der Waals surface area contributed by atoms with E-state index in [1.807, 2.05) is 0 Å². The van der Waals surface area contributed by atoms with Gasteiger partial charge in [0.1, 0.15) is 0 Å². The maximum Gasteiger partial charge on any atom is 0.0271 e. The quantitative estimate of drug-likeness (QED) is 0.373. The monoisotopic (exact) mass is 317 g/mol. The Morgan fingerprint density at radius 1 is 1.00 bits per heavy atom. The summed E-state index contributed by atoms with van der Waals surface area (Å²) in [5.74, 6) is 0.